The van der Waals surface area contributed by atoms with E-state index >= 15 is 0 Å². The Morgan fingerprint density at radius 3 is 2.87 bits per heavy atom. The van der Waals surface area contributed by atoms with Crippen LogP contribution in [0.5, 0.6) is 11.6 Å². The molecule has 1 aliphatic rings. The number of pyridine rings is 2. The van der Waals surface area contributed by atoms with Crippen molar-refractivity contribution in [3.63, 3.8) is 0 Å². The van der Waals surface area contributed by atoms with Gasteiger partial charge in [-0.15, -0.1) is 0 Å². The van der Waals surface area contributed by atoms with E-state index in [0.717, 1.165) is 41.6 Å². The number of aromatic nitrogens is 3. The molecule has 30 heavy (non-hydrogen) atoms. The molecular weight excluding hydrogens is 384 g/mol. The molecular formula is C21H26N6O3. The van der Waals surface area contributed by atoms with Gasteiger partial charge < -0.3 is 24.7 Å². The number of ether oxygens (including phenoxy) is 2. The molecule has 0 bridgehead atoms. The number of anilines is 1. The molecule has 3 N–H and O–H groups in total. The average Bonchev–Trinajstić information content (AvgIpc) is 3.44. The Morgan fingerprint density at radius 2 is 2.13 bits per heavy atom. The lowest BCUT2D eigenvalue weighted by molar-refractivity contribution is 0.250. The van der Waals surface area contributed by atoms with Gasteiger partial charge in [-0.1, -0.05) is 0 Å². The van der Waals surface area contributed by atoms with Crippen molar-refractivity contribution in [2.24, 2.45) is 0 Å². The molecule has 0 atom stereocenters. The molecule has 0 unspecified atom stereocenters. The second kappa shape index (κ2) is 8.58. The molecule has 9 nitrogen and oxygen atoms in total. The standard InChI is InChI=1S/C21H26N6O3/c1-27(2)11-10-23-21(28)26-17-7-6-14-15(12-24-19(14)25-17)18-16(30-13-4-5-13)8-9-22-20(18)29-3/h6-9,12-13H,4-5,10-11H2,1-3H3,(H3,23,24,25,26,28). The van der Waals surface area contributed by atoms with Crippen molar-refractivity contribution in [3.8, 4) is 22.8 Å². The van der Waals surface area contributed by atoms with Gasteiger partial charge in [0.15, 0.2) is 0 Å². The average molecular weight is 410 g/mol. The second-order valence-corrected chi connectivity index (χ2v) is 7.49. The molecule has 0 spiro atoms. The number of aromatic amines is 1. The highest BCUT2D eigenvalue weighted by Gasteiger charge is 2.27. The van der Waals surface area contributed by atoms with Gasteiger partial charge in [0.2, 0.25) is 5.88 Å². The number of methoxy groups -OCH3 is 1. The number of nitrogens with zero attached hydrogens (tertiary/aromatic N) is 3. The number of hydrogen-bond acceptors (Lipinski definition) is 6. The van der Waals surface area contributed by atoms with Crippen molar-refractivity contribution in [1.82, 2.24) is 25.2 Å². The number of carbonyl (C=O) groups excluding carboxylic acids is 1. The summed E-state index contributed by atoms with van der Waals surface area (Å²) < 4.78 is 11.6. The number of rotatable bonds is 8. The lowest BCUT2D eigenvalue weighted by atomic mass is 10.1. The first kappa shape index (κ1) is 20.0. The monoisotopic (exact) mass is 410 g/mol. The van der Waals surface area contributed by atoms with Crippen LogP contribution in [0.25, 0.3) is 22.2 Å². The quantitative estimate of drug-likeness (QED) is 0.528. The third-order valence-electron chi connectivity index (χ3n) is 4.78. The first-order chi connectivity index (χ1) is 14.5. The number of likely N-dealkylation sites (N-methyl/N-ethyl adjacent to an activating group) is 1. The topological polar surface area (TPSA) is 104 Å². The zero-order chi connectivity index (χ0) is 21.1. The van der Waals surface area contributed by atoms with Gasteiger partial charge in [0.25, 0.3) is 0 Å². The van der Waals surface area contributed by atoms with Crippen molar-refractivity contribution in [1.29, 1.82) is 0 Å². The summed E-state index contributed by atoms with van der Waals surface area (Å²) in [5, 5.41) is 6.46. The van der Waals surface area contributed by atoms with Crippen LogP contribution in [0.2, 0.25) is 0 Å². The highest BCUT2D eigenvalue weighted by atomic mass is 16.5. The van der Waals surface area contributed by atoms with E-state index in [2.05, 4.69) is 25.6 Å². The third kappa shape index (κ3) is 4.46. The largest absolute Gasteiger partial charge is 0.490 e. The van der Waals surface area contributed by atoms with E-state index in [1.165, 1.54) is 0 Å². The predicted molar refractivity (Wildman–Crippen MR) is 115 cm³/mol. The van der Waals surface area contributed by atoms with E-state index in [1.807, 2.05) is 37.3 Å². The van der Waals surface area contributed by atoms with E-state index in [9.17, 15) is 4.79 Å². The fraction of sp³-hybridized carbons (Fsp3) is 0.381. The summed E-state index contributed by atoms with van der Waals surface area (Å²) in [4.78, 5) is 26.1. The fourth-order valence-electron chi connectivity index (χ4n) is 3.13. The van der Waals surface area contributed by atoms with Gasteiger partial charge in [-0.3, -0.25) is 5.32 Å². The number of amides is 2. The molecule has 4 rings (SSSR count). The van der Waals surface area contributed by atoms with E-state index in [0.29, 0.717) is 23.9 Å². The first-order valence-corrected chi connectivity index (χ1v) is 9.93. The molecule has 1 fully saturated rings. The Balaban J connectivity index is 1.58. The molecule has 3 aromatic rings. The molecule has 2 amide bonds. The maximum absolute atomic E-state index is 12.1. The maximum Gasteiger partial charge on any atom is 0.320 e. The van der Waals surface area contributed by atoms with Gasteiger partial charge in [-0.25, -0.2) is 14.8 Å². The highest BCUT2D eigenvalue weighted by molar-refractivity contribution is 5.98. The summed E-state index contributed by atoms with van der Waals surface area (Å²) in [7, 11) is 5.50. The Kier molecular flexibility index (Phi) is 5.71. The SMILES string of the molecule is COc1nccc(OC2CC2)c1-c1c[nH]c2nc(NC(=O)NCCN(C)C)ccc12. The van der Waals surface area contributed by atoms with Crippen molar-refractivity contribution in [3.05, 3.63) is 30.6 Å². The molecule has 3 aromatic heterocycles. The summed E-state index contributed by atoms with van der Waals surface area (Å²) in [6.07, 6.45) is 5.92. The minimum Gasteiger partial charge on any atom is -0.490 e. The van der Waals surface area contributed by atoms with E-state index in [4.69, 9.17) is 9.47 Å². The fourth-order valence-corrected chi connectivity index (χ4v) is 3.13. The van der Waals surface area contributed by atoms with Crippen LogP contribution in [0.15, 0.2) is 30.6 Å². The van der Waals surface area contributed by atoms with E-state index in [1.54, 1.807) is 19.4 Å². The van der Waals surface area contributed by atoms with Gasteiger partial charge in [0, 0.05) is 36.4 Å². The molecule has 0 aliphatic heterocycles. The van der Waals surface area contributed by atoms with Crippen molar-refractivity contribution >= 4 is 22.9 Å². The minimum absolute atomic E-state index is 0.251. The predicted octanol–water partition coefficient (Wildman–Crippen LogP) is 2.86. The maximum atomic E-state index is 12.1. The summed E-state index contributed by atoms with van der Waals surface area (Å²) in [6.45, 7) is 1.32. The zero-order valence-corrected chi connectivity index (χ0v) is 17.4. The van der Waals surface area contributed by atoms with Gasteiger partial charge >= 0.3 is 6.03 Å². The third-order valence-corrected chi connectivity index (χ3v) is 4.78. The molecule has 3 heterocycles. The van der Waals surface area contributed by atoms with Crippen LogP contribution in [0.1, 0.15) is 12.8 Å². The van der Waals surface area contributed by atoms with Crippen molar-refractivity contribution in [2.45, 2.75) is 18.9 Å². The summed E-state index contributed by atoms with van der Waals surface area (Å²) >= 11 is 0. The van der Waals surface area contributed by atoms with Gasteiger partial charge in [-0.2, -0.15) is 0 Å². The molecule has 0 radical (unpaired) electrons. The van der Waals surface area contributed by atoms with Crippen LogP contribution in [0, 0.1) is 0 Å². The van der Waals surface area contributed by atoms with Crippen LogP contribution in [0.3, 0.4) is 0 Å². The van der Waals surface area contributed by atoms with E-state index in [-0.39, 0.29) is 12.1 Å². The Labute approximate surface area is 174 Å². The number of nitrogens with one attached hydrogen (secondary N) is 3. The Bertz CT molecular complexity index is 1040. The van der Waals surface area contributed by atoms with Gasteiger partial charge in [0.05, 0.1) is 18.8 Å². The highest BCUT2D eigenvalue weighted by Crippen LogP contribution is 2.42. The van der Waals surface area contributed by atoms with Crippen molar-refractivity contribution in [2.75, 3.05) is 39.6 Å². The molecule has 1 aliphatic carbocycles. The molecule has 0 aromatic carbocycles. The molecule has 158 valence electrons. The lowest BCUT2D eigenvalue weighted by Gasteiger charge is -2.13. The number of urea groups is 1. The Hall–Kier alpha value is -3.33. The normalized spacial score (nSPS) is 13.5. The number of H-pyrrole nitrogens is 1. The molecule has 9 heteroatoms. The second-order valence-electron chi connectivity index (χ2n) is 7.49. The zero-order valence-electron chi connectivity index (χ0n) is 17.4. The number of fused-ring (bicyclic) bond motifs is 1. The van der Waals surface area contributed by atoms with Crippen LogP contribution in [-0.4, -0.2) is 66.3 Å². The number of carbonyl (C=O) groups is 1. The van der Waals surface area contributed by atoms with Gasteiger partial charge in [0.1, 0.15) is 17.2 Å². The summed E-state index contributed by atoms with van der Waals surface area (Å²) in [5.41, 5.74) is 2.33. The summed E-state index contributed by atoms with van der Waals surface area (Å²) in [5.74, 6) is 1.70. The van der Waals surface area contributed by atoms with Crippen LogP contribution >= 0.6 is 0 Å². The van der Waals surface area contributed by atoms with Crippen LogP contribution in [0.4, 0.5) is 10.6 Å². The number of hydrogen-bond donors (Lipinski definition) is 3. The first-order valence-electron chi connectivity index (χ1n) is 9.93. The van der Waals surface area contributed by atoms with Gasteiger partial charge in [-0.05, 0) is 45.1 Å². The Morgan fingerprint density at radius 1 is 1.30 bits per heavy atom. The summed E-state index contributed by atoms with van der Waals surface area (Å²) in [6, 6.07) is 5.26. The van der Waals surface area contributed by atoms with Crippen molar-refractivity contribution < 1.29 is 14.3 Å². The minimum atomic E-state index is -0.287. The molecule has 0 saturated heterocycles. The van der Waals surface area contributed by atoms with Crippen LogP contribution < -0.4 is 20.1 Å². The van der Waals surface area contributed by atoms with Crippen LogP contribution in [-0.2, 0) is 0 Å². The van der Waals surface area contributed by atoms with E-state index < -0.39 is 0 Å². The smallest absolute Gasteiger partial charge is 0.320 e. The lowest BCUT2D eigenvalue weighted by Crippen LogP contribution is -2.34. The molecule has 1 saturated carbocycles.